The number of aliphatic carboxylic acids is 1. The third-order valence-electron chi connectivity index (χ3n) is 8.07. The number of benzene rings is 4. The fourth-order valence-electron chi connectivity index (χ4n) is 5.30. The van der Waals surface area contributed by atoms with Crippen LogP contribution >= 0.6 is 0 Å². The molecular weight excluding hydrogens is 576 g/mol. The Labute approximate surface area is 271 Å². The van der Waals surface area contributed by atoms with Crippen LogP contribution in [0.3, 0.4) is 0 Å². The zero-order valence-electron chi connectivity index (χ0n) is 26.5. The summed E-state index contributed by atoms with van der Waals surface area (Å²) in [5.41, 5.74) is 4.36. The quantitative estimate of drug-likeness (QED) is 0.0872. The van der Waals surface area contributed by atoms with Gasteiger partial charge in [0.25, 0.3) is 5.91 Å². The molecule has 0 aliphatic heterocycles. The Bertz CT molecular complexity index is 1630. The van der Waals surface area contributed by atoms with Gasteiger partial charge in [-0.1, -0.05) is 125 Å². The van der Waals surface area contributed by atoms with Crippen molar-refractivity contribution in [1.29, 1.82) is 0 Å². The van der Waals surface area contributed by atoms with E-state index in [4.69, 9.17) is 0 Å². The molecule has 0 bridgehead atoms. The monoisotopic (exact) mass is 618 g/mol. The Hall–Kier alpha value is -5.04. The molecule has 46 heavy (non-hydrogen) atoms. The summed E-state index contributed by atoms with van der Waals surface area (Å²) < 4.78 is 0. The highest BCUT2D eigenvalue weighted by Gasteiger charge is 2.22. The Morgan fingerprint density at radius 2 is 1.37 bits per heavy atom. The fourth-order valence-corrected chi connectivity index (χ4v) is 5.30. The Morgan fingerprint density at radius 1 is 0.696 bits per heavy atom. The van der Waals surface area contributed by atoms with E-state index in [1.165, 1.54) is 25.3 Å². The molecule has 0 aliphatic carbocycles. The second kappa shape index (κ2) is 16.9. The van der Waals surface area contributed by atoms with E-state index in [-0.39, 0.29) is 29.6 Å². The first-order valence-corrected chi connectivity index (χ1v) is 16.0. The van der Waals surface area contributed by atoms with Gasteiger partial charge in [0, 0.05) is 34.7 Å². The van der Waals surface area contributed by atoms with E-state index >= 15 is 0 Å². The van der Waals surface area contributed by atoms with E-state index in [1.807, 2.05) is 61.5 Å². The molecule has 2 amide bonds. The molecule has 2 atom stereocenters. The topological polar surface area (TPSA) is 113 Å². The van der Waals surface area contributed by atoms with Gasteiger partial charge in [-0.3, -0.25) is 14.4 Å². The van der Waals surface area contributed by atoms with E-state index in [0.29, 0.717) is 11.1 Å². The summed E-state index contributed by atoms with van der Waals surface area (Å²) in [4.78, 5) is 50.7. The van der Waals surface area contributed by atoms with E-state index in [1.54, 1.807) is 42.5 Å². The largest absolute Gasteiger partial charge is 0.480 e. The lowest BCUT2D eigenvalue weighted by atomic mass is 9.99. The van der Waals surface area contributed by atoms with Crippen LogP contribution in [-0.2, 0) is 16.0 Å². The van der Waals surface area contributed by atoms with Gasteiger partial charge in [0.2, 0.25) is 5.91 Å². The predicted octanol–water partition coefficient (Wildman–Crippen LogP) is 7.95. The van der Waals surface area contributed by atoms with E-state index in [9.17, 15) is 24.3 Å². The van der Waals surface area contributed by atoms with Crippen molar-refractivity contribution in [1.82, 2.24) is 5.32 Å². The molecule has 0 saturated carbocycles. The minimum absolute atomic E-state index is 0.0132. The van der Waals surface area contributed by atoms with E-state index in [0.717, 1.165) is 41.6 Å². The number of nitrogens with one attached hydrogen (secondary N) is 2. The van der Waals surface area contributed by atoms with Gasteiger partial charge in [0.05, 0.1) is 0 Å². The van der Waals surface area contributed by atoms with Gasteiger partial charge < -0.3 is 15.7 Å². The molecule has 3 N–H and O–H groups in total. The number of carbonyl (C=O) groups is 4. The summed E-state index contributed by atoms with van der Waals surface area (Å²) >= 11 is 0. The highest BCUT2D eigenvalue weighted by Crippen LogP contribution is 2.24. The van der Waals surface area contributed by atoms with Crippen LogP contribution in [0, 0.1) is 5.92 Å². The SMILES string of the molecule is CCCCCCCC(C)C(=O)Nc1cccc(-c2ccc(CC(NC(=O)c3cccc(C(=O)c4ccccc4)c3)C(=O)O)cc2)c1. The average molecular weight is 619 g/mol. The lowest BCUT2D eigenvalue weighted by Crippen LogP contribution is -2.42. The summed E-state index contributed by atoms with van der Waals surface area (Å²) in [7, 11) is 0. The highest BCUT2D eigenvalue weighted by molar-refractivity contribution is 6.10. The van der Waals surface area contributed by atoms with Gasteiger partial charge in [0.15, 0.2) is 5.78 Å². The lowest BCUT2D eigenvalue weighted by Gasteiger charge is -2.16. The molecule has 4 aromatic carbocycles. The fraction of sp³-hybridized carbons (Fsp3) is 0.282. The molecule has 0 radical (unpaired) electrons. The summed E-state index contributed by atoms with van der Waals surface area (Å²) in [5, 5.41) is 15.5. The summed E-state index contributed by atoms with van der Waals surface area (Å²) in [6.07, 6.45) is 6.81. The van der Waals surface area contributed by atoms with Crippen molar-refractivity contribution < 1.29 is 24.3 Å². The van der Waals surface area contributed by atoms with Crippen LogP contribution in [0.5, 0.6) is 0 Å². The third-order valence-corrected chi connectivity index (χ3v) is 8.07. The van der Waals surface area contributed by atoms with E-state index < -0.39 is 17.9 Å². The van der Waals surface area contributed by atoms with Crippen molar-refractivity contribution in [2.24, 2.45) is 5.92 Å². The van der Waals surface area contributed by atoms with Crippen LogP contribution in [0.4, 0.5) is 5.69 Å². The third kappa shape index (κ3) is 9.73. The summed E-state index contributed by atoms with van der Waals surface area (Å²) in [5.74, 6) is -2.00. The molecule has 7 heteroatoms. The minimum atomic E-state index is -1.17. The molecule has 0 saturated heterocycles. The number of carbonyl (C=O) groups excluding carboxylic acids is 3. The molecule has 0 fully saturated rings. The first-order valence-electron chi connectivity index (χ1n) is 16.0. The number of amides is 2. The van der Waals surface area contributed by atoms with Crippen molar-refractivity contribution in [3.8, 4) is 11.1 Å². The second-order valence-corrected chi connectivity index (χ2v) is 11.7. The maximum atomic E-state index is 13.0. The van der Waals surface area contributed by atoms with Crippen molar-refractivity contribution in [3.05, 3.63) is 125 Å². The van der Waals surface area contributed by atoms with Gasteiger partial charge in [-0.05, 0) is 47.4 Å². The lowest BCUT2D eigenvalue weighted by molar-refractivity contribution is -0.139. The van der Waals surface area contributed by atoms with Gasteiger partial charge in [-0.25, -0.2) is 4.79 Å². The number of rotatable bonds is 16. The normalized spacial score (nSPS) is 12.1. The number of ketones is 1. The van der Waals surface area contributed by atoms with Crippen LogP contribution in [-0.4, -0.2) is 34.7 Å². The van der Waals surface area contributed by atoms with Crippen molar-refractivity contribution in [2.45, 2.75) is 64.8 Å². The average Bonchev–Trinajstić information content (AvgIpc) is 3.08. The zero-order chi connectivity index (χ0) is 32.9. The molecule has 0 heterocycles. The van der Waals surface area contributed by atoms with Crippen LogP contribution in [0.2, 0.25) is 0 Å². The molecule has 7 nitrogen and oxygen atoms in total. The first-order chi connectivity index (χ1) is 22.2. The molecular formula is C39H42N2O5. The number of carboxylic acids is 1. The molecule has 238 valence electrons. The molecule has 0 spiro atoms. The second-order valence-electron chi connectivity index (χ2n) is 11.7. The molecule has 4 aromatic rings. The van der Waals surface area contributed by atoms with Crippen molar-refractivity contribution >= 4 is 29.3 Å². The number of unbranched alkanes of at least 4 members (excludes halogenated alkanes) is 4. The Kier molecular flexibility index (Phi) is 12.4. The van der Waals surface area contributed by atoms with Crippen LogP contribution in [0.1, 0.15) is 84.2 Å². The smallest absolute Gasteiger partial charge is 0.326 e. The Balaban J connectivity index is 1.36. The van der Waals surface area contributed by atoms with Gasteiger partial charge in [0.1, 0.15) is 6.04 Å². The molecule has 0 aromatic heterocycles. The summed E-state index contributed by atoms with van der Waals surface area (Å²) in [6.45, 7) is 4.16. The van der Waals surface area contributed by atoms with Crippen LogP contribution in [0.15, 0.2) is 103 Å². The molecule has 4 rings (SSSR count). The van der Waals surface area contributed by atoms with E-state index in [2.05, 4.69) is 17.6 Å². The summed E-state index contributed by atoms with van der Waals surface area (Å²) in [6, 6.07) is 29.0. The minimum Gasteiger partial charge on any atom is -0.480 e. The number of hydrogen-bond acceptors (Lipinski definition) is 4. The maximum Gasteiger partial charge on any atom is 0.326 e. The highest BCUT2D eigenvalue weighted by atomic mass is 16.4. The number of anilines is 1. The van der Waals surface area contributed by atoms with Gasteiger partial charge in [-0.15, -0.1) is 0 Å². The predicted molar refractivity (Wildman–Crippen MR) is 182 cm³/mol. The van der Waals surface area contributed by atoms with Crippen molar-refractivity contribution in [2.75, 3.05) is 5.32 Å². The zero-order valence-corrected chi connectivity index (χ0v) is 26.5. The Morgan fingerprint density at radius 3 is 2.09 bits per heavy atom. The van der Waals surface area contributed by atoms with Gasteiger partial charge in [-0.2, -0.15) is 0 Å². The van der Waals surface area contributed by atoms with Crippen LogP contribution in [0.25, 0.3) is 11.1 Å². The molecule has 2 unspecified atom stereocenters. The van der Waals surface area contributed by atoms with Crippen molar-refractivity contribution in [3.63, 3.8) is 0 Å². The molecule has 0 aliphatic rings. The van der Waals surface area contributed by atoms with Gasteiger partial charge >= 0.3 is 5.97 Å². The maximum absolute atomic E-state index is 13.0. The van der Waals surface area contributed by atoms with Crippen LogP contribution < -0.4 is 10.6 Å². The first kappa shape index (κ1) is 33.8. The standard InChI is InChI=1S/C39H42N2O5/c1-3-4-5-6-8-13-27(2)37(43)40-34-19-12-16-31(26-34)29-22-20-28(21-23-29)24-35(39(45)46)41-38(44)33-18-11-17-32(25-33)36(42)30-14-9-7-10-15-30/h7,9-12,14-23,25-27,35H,3-6,8,13,24H2,1-2H3,(H,40,43)(H,41,44)(H,45,46). The number of carboxylic acid groups (broad SMARTS) is 1. The number of hydrogen-bond donors (Lipinski definition) is 3.